The third kappa shape index (κ3) is 3.92. The summed E-state index contributed by atoms with van der Waals surface area (Å²) in [6, 6.07) is 60.0. The first-order valence-corrected chi connectivity index (χ1v) is 17.7. The Kier molecular flexibility index (Phi) is 5.66. The molecule has 1 atom stereocenters. The largest absolute Gasteiger partial charge is 0.368 e. The Balaban J connectivity index is 1.15. The van der Waals surface area contributed by atoms with Gasteiger partial charge in [0.2, 0.25) is 0 Å². The lowest BCUT2D eigenvalue weighted by Gasteiger charge is -2.13. The van der Waals surface area contributed by atoms with Gasteiger partial charge in [-0.25, -0.2) is 0 Å². The van der Waals surface area contributed by atoms with Gasteiger partial charge < -0.3 is 14.5 Å². The van der Waals surface area contributed by atoms with Gasteiger partial charge in [0, 0.05) is 48.9 Å². The summed E-state index contributed by atoms with van der Waals surface area (Å²) in [5.41, 5.74) is 9.70. The van der Waals surface area contributed by atoms with Crippen LogP contribution in [0.15, 0.2) is 169 Å². The van der Waals surface area contributed by atoms with E-state index in [0.29, 0.717) is 0 Å². The minimum Gasteiger partial charge on any atom is -0.368 e. The zero-order chi connectivity index (χ0) is 32.1. The van der Waals surface area contributed by atoms with E-state index in [9.17, 15) is 0 Å². The highest BCUT2D eigenvalue weighted by Crippen LogP contribution is 2.51. The van der Waals surface area contributed by atoms with Crippen LogP contribution in [0.3, 0.4) is 0 Å². The SMILES string of the molecule is c1ccc(C2Nc3ccc4ccc5cc(-n6c7ccccc7c7cc8c9ccccc9n(-c9ccccc9)c8cc76)ccc5c4c3S2)cc1. The number of rotatable bonds is 3. The van der Waals surface area contributed by atoms with E-state index in [1.807, 2.05) is 11.8 Å². The number of nitrogens with zero attached hydrogens (tertiary/aromatic N) is 2. The number of anilines is 1. The Morgan fingerprint density at radius 1 is 0.429 bits per heavy atom. The van der Waals surface area contributed by atoms with Crippen LogP contribution in [-0.2, 0) is 0 Å². The Morgan fingerprint density at radius 3 is 1.78 bits per heavy atom. The summed E-state index contributed by atoms with van der Waals surface area (Å²) >= 11 is 1.92. The molecule has 3 heterocycles. The minimum absolute atomic E-state index is 0.206. The number of hydrogen-bond donors (Lipinski definition) is 1. The van der Waals surface area contributed by atoms with Gasteiger partial charge in [-0.15, -0.1) is 0 Å². The van der Waals surface area contributed by atoms with Gasteiger partial charge in [0.25, 0.3) is 0 Å². The van der Waals surface area contributed by atoms with Gasteiger partial charge in [0.1, 0.15) is 5.37 Å². The monoisotopic (exact) mass is 643 g/mol. The second-order valence-corrected chi connectivity index (χ2v) is 14.1. The highest BCUT2D eigenvalue weighted by atomic mass is 32.2. The van der Waals surface area contributed by atoms with Gasteiger partial charge in [-0.1, -0.05) is 121 Å². The fourth-order valence-electron chi connectivity index (χ4n) is 8.12. The molecular formula is C45H29N3S. The molecule has 0 fully saturated rings. The van der Waals surface area contributed by atoms with Crippen LogP contribution in [0.25, 0.3) is 76.5 Å². The van der Waals surface area contributed by atoms with E-state index in [-0.39, 0.29) is 5.37 Å². The van der Waals surface area contributed by atoms with Crippen LogP contribution in [0.1, 0.15) is 10.9 Å². The molecule has 49 heavy (non-hydrogen) atoms. The summed E-state index contributed by atoms with van der Waals surface area (Å²) in [6.07, 6.45) is 0. The van der Waals surface area contributed by atoms with E-state index in [2.05, 4.69) is 178 Å². The Labute approximate surface area is 287 Å². The van der Waals surface area contributed by atoms with Crippen LogP contribution in [0.5, 0.6) is 0 Å². The molecule has 230 valence electrons. The van der Waals surface area contributed by atoms with E-state index in [0.717, 1.165) is 0 Å². The summed E-state index contributed by atoms with van der Waals surface area (Å²) in [5, 5.41) is 14.2. The second kappa shape index (κ2) is 10.3. The summed E-state index contributed by atoms with van der Waals surface area (Å²) in [5.74, 6) is 0. The van der Waals surface area contributed by atoms with E-state index in [4.69, 9.17) is 0 Å². The molecule has 10 aromatic rings. The summed E-state index contributed by atoms with van der Waals surface area (Å²) in [6.45, 7) is 0. The first-order valence-electron chi connectivity index (χ1n) is 16.8. The molecule has 0 saturated heterocycles. The van der Waals surface area contributed by atoms with Gasteiger partial charge in [0.05, 0.1) is 22.1 Å². The lowest BCUT2D eigenvalue weighted by molar-refractivity contribution is 1.14. The summed E-state index contributed by atoms with van der Waals surface area (Å²) < 4.78 is 4.87. The van der Waals surface area contributed by atoms with Crippen LogP contribution < -0.4 is 5.32 Å². The maximum atomic E-state index is 3.78. The van der Waals surface area contributed by atoms with Crippen LogP contribution in [0.4, 0.5) is 5.69 Å². The summed E-state index contributed by atoms with van der Waals surface area (Å²) in [7, 11) is 0. The number of benzene rings is 8. The topological polar surface area (TPSA) is 21.9 Å². The van der Waals surface area contributed by atoms with Crippen molar-refractivity contribution in [3.8, 4) is 11.4 Å². The van der Waals surface area contributed by atoms with Gasteiger partial charge in [-0.3, -0.25) is 0 Å². The molecule has 1 aliphatic heterocycles. The smallest absolute Gasteiger partial charge is 0.103 e. The third-order valence-electron chi connectivity index (χ3n) is 10.3. The van der Waals surface area contributed by atoms with E-state index in [1.165, 1.54) is 92.7 Å². The highest BCUT2D eigenvalue weighted by Gasteiger charge is 2.26. The van der Waals surface area contributed by atoms with Crippen molar-refractivity contribution >= 4 is 82.6 Å². The van der Waals surface area contributed by atoms with Crippen molar-refractivity contribution in [1.29, 1.82) is 0 Å². The maximum absolute atomic E-state index is 3.78. The molecule has 0 amide bonds. The molecule has 4 heteroatoms. The number of fused-ring (bicyclic) bond motifs is 11. The highest BCUT2D eigenvalue weighted by molar-refractivity contribution is 8.00. The number of thioether (sulfide) groups is 1. The molecule has 0 saturated carbocycles. The second-order valence-electron chi connectivity index (χ2n) is 13.0. The van der Waals surface area contributed by atoms with Crippen molar-refractivity contribution in [2.75, 3.05) is 5.32 Å². The molecule has 0 bridgehead atoms. The van der Waals surface area contributed by atoms with E-state index in [1.54, 1.807) is 0 Å². The molecule has 2 aromatic heterocycles. The quantitative estimate of drug-likeness (QED) is 0.194. The number of aromatic nitrogens is 2. The average molecular weight is 644 g/mol. The lowest BCUT2D eigenvalue weighted by Crippen LogP contribution is -2.00. The van der Waals surface area contributed by atoms with Gasteiger partial charge in [-0.05, 0) is 76.3 Å². The molecule has 3 nitrogen and oxygen atoms in total. The van der Waals surface area contributed by atoms with Crippen LogP contribution >= 0.6 is 11.8 Å². The predicted octanol–water partition coefficient (Wildman–Crippen LogP) is 12.4. The third-order valence-corrected chi connectivity index (χ3v) is 11.6. The average Bonchev–Trinajstić information content (AvgIpc) is 3.84. The zero-order valence-electron chi connectivity index (χ0n) is 26.5. The molecule has 1 unspecified atom stereocenters. The van der Waals surface area contributed by atoms with Crippen molar-refractivity contribution in [3.05, 3.63) is 169 Å². The zero-order valence-corrected chi connectivity index (χ0v) is 27.3. The fourth-order valence-corrected chi connectivity index (χ4v) is 9.43. The van der Waals surface area contributed by atoms with Crippen LogP contribution in [0.2, 0.25) is 0 Å². The standard InChI is InChI=1S/C45H29N3S/c1-3-11-29(12-4-1)45-46-38-24-21-28-19-20-30-25-32(22-23-33(30)43(28)44(38)49-45)48-40-18-10-8-16-35(40)37-26-36-34-15-7-9-17-39(34)47(41(36)27-42(37)48)31-13-5-2-6-14-31/h1-27,45-46H. The Hall–Kier alpha value is -5.97. The van der Waals surface area contributed by atoms with Crippen molar-refractivity contribution in [2.45, 2.75) is 10.3 Å². The van der Waals surface area contributed by atoms with Gasteiger partial charge in [0.15, 0.2) is 0 Å². The molecule has 0 aliphatic carbocycles. The van der Waals surface area contributed by atoms with Crippen molar-refractivity contribution in [3.63, 3.8) is 0 Å². The van der Waals surface area contributed by atoms with Crippen LogP contribution in [0, 0.1) is 0 Å². The van der Waals surface area contributed by atoms with Crippen molar-refractivity contribution < 1.29 is 0 Å². The number of nitrogens with one attached hydrogen (secondary N) is 1. The molecule has 11 rings (SSSR count). The Bertz CT molecular complexity index is 2940. The van der Waals surface area contributed by atoms with Crippen molar-refractivity contribution in [2.24, 2.45) is 0 Å². The van der Waals surface area contributed by atoms with Crippen molar-refractivity contribution in [1.82, 2.24) is 9.13 Å². The van der Waals surface area contributed by atoms with E-state index >= 15 is 0 Å². The predicted molar refractivity (Wildman–Crippen MR) is 209 cm³/mol. The fraction of sp³-hybridized carbons (Fsp3) is 0.0222. The first kappa shape index (κ1) is 27.0. The number of hydrogen-bond acceptors (Lipinski definition) is 2. The molecule has 0 radical (unpaired) electrons. The summed E-state index contributed by atoms with van der Waals surface area (Å²) in [4.78, 5) is 1.33. The molecule has 1 aliphatic rings. The molecular weight excluding hydrogens is 615 g/mol. The normalized spacial score (nSPS) is 14.4. The van der Waals surface area contributed by atoms with E-state index < -0.39 is 0 Å². The van der Waals surface area contributed by atoms with Crippen LogP contribution in [-0.4, -0.2) is 9.13 Å². The maximum Gasteiger partial charge on any atom is 0.103 e. The Morgan fingerprint density at radius 2 is 1.04 bits per heavy atom. The minimum atomic E-state index is 0.206. The number of para-hydroxylation sites is 3. The van der Waals surface area contributed by atoms with Gasteiger partial charge in [-0.2, -0.15) is 0 Å². The lowest BCUT2D eigenvalue weighted by atomic mass is 10.0. The molecule has 1 N–H and O–H groups in total. The first-order chi connectivity index (χ1) is 24.3. The molecule has 0 spiro atoms. The van der Waals surface area contributed by atoms with Gasteiger partial charge >= 0.3 is 0 Å². The molecule has 8 aromatic carbocycles.